The first-order chi connectivity index (χ1) is 6.93. The van der Waals surface area contributed by atoms with Crippen LogP contribution in [0, 0.1) is 17.2 Å². The zero-order valence-electron chi connectivity index (χ0n) is 10.8. The van der Waals surface area contributed by atoms with Crippen LogP contribution in [0.25, 0.3) is 0 Å². The van der Waals surface area contributed by atoms with Crippen molar-refractivity contribution in [3.63, 3.8) is 0 Å². The van der Waals surface area contributed by atoms with Gasteiger partial charge in [-0.15, -0.1) is 0 Å². The van der Waals surface area contributed by atoms with Crippen molar-refractivity contribution in [2.24, 2.45) is 5.92 Å². The predicted molar refractivity (Wildman–Crippen MR) is 64.6 cm³/mol. The summed E-state index contributed by atoms with van der Waals surface area (Å²) in [5.41, 5.74) is -0.416. The molecule has 0 rings (SSSR count). The summed E-state index contributed by atoms with van der Waals surface area (Å²) >= 11 is 0. The van der Waals surface area contributed by atoms with Gasteiger partial charge in [0.2, 0.25) is 0 Å². The lowest BCUT2D eigenvalue weighted by Crippen LogP contribution is -2.49. The van der Waals surface area contributed by atoms with Crippen LogP contribution in [-0.4, -0.2) is 37.1 Å². The zero-order valence-corrected chi connectivity index (χ0v) is 10.8. The average Bonchev–Trinajstić information content (AvgIpc) is 2.15. The molecule has 0 aromatic carbocycles. The van der Waals surface area contributed by atoms with E-state index in [1.54, 1.807) is 0 Å². The first-order valence-electron chi connectivity index (χ1n) is 5.78. The number of nitriles is 1. The first-order valence-corrected chi connectivity index (χ1v) is 5.78. The van der Waals surface area contributed by atoms with Crippen molar-refractivity contribution in [3.8, 4) is 6.07 Å². The van der Waals surface area contributed by atoms with Crippen molar-refractivity contribution >= 4 is 0 Å². The Balaban J connectivity index is 4.02. The summed E-state index contributed by atoms with van der Waals surface area (Å²) in [4.78, 5) is 2.23. The highest BCUT2D eigenvalue weighted by atomic mass is 15.1. The molecule has 0 aromatic heterocycles. The van der Waals surface area contributed by atoms with E-state index in [9.17, 15) is 0 Å². The van der Waals surface area contributed by atoms with Crippen molar-refractivity contribution in [1.82, 2.24) is 10.2 Å². The highest BCUT2D eigenvalue weighted by Crippen LogP contribution is 2.06. The molecule has 1 unspecified atom stereocenters. The van der Waals surface area contributed by atoms with Crippen LogP contribution in [0.2, 0.25) is 0 Å². The summed E-state index contributed by atoms with van der Waals surface area (Å²) < 4.78 is 0. The number of likely N-dealkylation sites (N-methyl/N-ethyl adjacent to an activating group) is 2. The number of nitrogens with zero attached hydrogens (tertiary/aromatic N) is 2. The van der Waals surface area contributed by atoms with Crippen molar-refractivity contribution in [2.45, 2.75) is 39.7 Å². The number of rotatable bonds is 7. The van der Waals surface area contributed by atoms with Gasteiger partial charge in [0.15, 0.2) is 0 Å². The molecule has 0 aliphatic rings. The second kappa shape index (κ2) is 6.81. The summed E-state index contributed by atoms with van der Waals surface area (Å²) in [5, 5.41) is 12.3. The van der Waals surface area contributed by atoms with E-state index in [4.69, 9.17) is 5.26 Å². The molecule has 0 aromatic rings. The molecule has 1 atom stereocenters. The normalized spacial score (nSPS) is 15.3. The Bertz CT molecular complexity index is 207. The maximum Gasteiger partial charge on any atom is 0.116 e. The second-order valence-electron chi connectivity index (χ2n) is 4.89. The quantitative estimate of drug-likeness (QED) is 0.698. The van der Waals surface area contributed by atoms with Crippen molar-refractivity contribution in [1.29, 1.82) is 5.26 Å². The third kappa shape index (κ3) is 6.48. The molecule has 0 radical (unpaired) electrons. The molecule has 0 aliphatic heterocycles. The highest BCUT2D eigenvalue weighted by Gasteiger charge is 2.23. The molecule has 1 N–H and O–H groups in total. The Hall–Kier alpha value is -0.590. The Morgan fingerprint density at radius 2 is 2.07 bits per heavy atom. The minimum Gasteiger partial charge on any atom is -0.303 e. The smallest absolute Gasteiger partial charge is 0.116 e. The molecule has 15 heavy (non-hydrogen) atoms. The van der Waals surface area contributed by atoms with Crippen LogP contribution in [0.1, 0.15) is 34.1 Å². The molecular formula is C12H25N3. The SMILES string of the molecule is CCNC(C)(C#N)CN(C)CCC(C)C. The molecule has 0 fully saturated rings. The van der Waals surface area contributed by atoms with E-state index in [0.29, 0.717) is 0 Å². The molecule has 0 spiro atoms. The van der Waals surface area contributed by atoms with E-state index in [2.05, 4.69) is 37.2 Å². The lowest BCUT2D eigenvalue weighted by atomic mass is 10.0. The molecule has 0 heterocycles. The Labute approximate surface area is 94.5 Å². The first kappa shape index (κ1) is 14.4. The summed E-state index contributed by atoms with van der Waals surface area (Å²) in [5.74, 6) is 0.722. The van der Waals surface area contributed by atoms with E-state index in [1.165, 1.54) is 6.42 Å². The molecule has 3 nitrogen and oxygen atoms in total. The topological polar surface area (TPSA) is 39.1 Å². The van der Waals surface area contributed by atoms with Crippen molar-refractivity contribution in [2.75, 3.05) is 26.7 Å². The molecule has 0 aliphatic carbocycles. The van der Waals surface area contributed by atoms with E-state index in [1.807, 2.05) is 13.8 Å². The Morgan fingerprint density at radius 1 is 1.47 bits per heavy atom. The van der Waals surface area contributed by atoms with Gasteiger partial charge in [-0.2, -0.15) is 5.26 Å². The molecule has 0 saturated heterocycles. The van der Waals surface area contributed by atoms with Gasteiger partial charge in [-0.25, -0.2) is 0 Å². The monoisotopic (exact) mass is 211 g/mol. The third-order valence-corrected chi connectivity index (χ3v) is 2.49. The van der Waals surface area contributed by atoms with Crippen LogP contribution < -0.4 is 5.32 Å². The fourth-order valence-corrected chi connectivity index (χ4v) is 1.62. The van der Waals surface area contributed by atoms with Gasteiger partial charge in [0.1, 0.15) is 5.54 Å². The van der Waals surface area contributed by atoms with E-state index in [0.717, 1.165) is 25.6 Å². The fraction of sp³-hybridized carbons (Fsp3) is 0.917. The van der Waals surface area contributed by atoms with Gasteiger partial charge in [-0.05, 0) is 39.4 Å². The maximum atomic E-state index is 9.10. The molecule has 0 amide bonds. The lowest BCUT2D eigenvalue weighted by molar-refractivity contribution is 0.250. The van der Waals surface area contributed by atoms with Gasteiger partial charge in [-0.1, -0.05) is 20.8 Å². The zero-order chi connectivity index (χ0) is 11.9. The average molecular weight is 211 g/mol. The van der Waals surface area contributed by atoms with Gasteiger partial charge < -0.3 is 4.90 Å². The molecule has 0 bridgehead atoms. The van der Waals surface area contributed by atoms with Gasteiger partial charge in [0, 0.05) is 6.54 Å². The van der Waals surface area contributed by atoms with Crippen LogP contribution in [0.15, 0.2) is 0 Å². The van der Waals surface area contributed by atoms with Gasteiger partial charge in [0.05, 0.1) is 6.07 Å². The summed E-state index contributed by atoms with van der Waals surface area (Å²) in [6.45, 7) is 11.1. The van der Waals surface area contributed by atoms with Crippen LogP contribution in [0.3, 0.4) is 0 Å². The Morgan fingerprint density at radius 3 is 2.47 bits per heavy atom. The molecule has 88 valence electrons. The van der Waals surface area contributed by atoms with Crippen LogP contribution in [0.4, 0.5) is 0 Å². The van der Waals surface area contributed by atoms with E-state index in [-0.39, 0.29) is 0 Å². The van der Waals surface area contributed by atoms with Crippen molar-refractivity contribution in [3.05, 3.63) is 0 Å². The highest BCUT2D eigenvalue weighted by molar-refractivity contribution is 5.05. The lowest BCUT2D eigenvalue weighted by Gasteiger charge is -2.28. The second-order valence-corrected chi connectivity index (χ2v) is 4.89. The van der Waals surface area contributed by atoms with E-state index >= 15 is 0 Å². The predicted octanol–water partition coefficient (Wildman–Crippen LogP) is 1.86. The maximum absolute atomic E-state index is 9.10. The standard InChI is InChI=1S/C12H25N3/c1-6-14-12(4,9-13)10-15(5)8-7-11(2)3/h11,14H,6-8,10H2,1-5H3. The van der Waals surface area contributed by atoms with Crippen LogP contribution in [-0.2, 0) is 0 Å². The van der Waals surface area contributed by atoms with Crippen molar-refractivity contribution < 1.29 is 0 Å². The minimum atomic E-state index is -0.416. The number of hydrogen-bond acceptors (Lipinski definition) is 3. The fourth-order valence-electron chi connectivity index (χ4n) is 1.62. The molecular weight excluding hydrogens is 186 g/mol. The summed E-state index contributed by atoms with van der Waals surface area (Å²) in [6, 6.07) is 2.35. The number of hydrogen-bond donors (Lipinski definition) is 1. The largest absolute Gasteiger partial charge is 0.303 e. The summed E-state index contributed by atoms with van der Waals surface area (Å²) in [7, 11) is 2.08. The van der Waals surface area contributed by atoms with Gasteiger partial charge in [0.25, 0.3) is 0 Å². The van der Waals surface area contributed by atoms with E-state index < -0.39 is 5.54 Å². The van der Waals surface area contributed by atoms with Gasteiger partial charge >= 0.3 is 0 Å². The summed E-state index contributed by atoms with van der Waals surface area (Å²) in [6.07, 6.45) is 1.18. The number of nitrogens with one attached hydrogen (secondary N) is 1. The minimum absolute atomic E-state index is 0.416. The molecule has 3 heteroatoms. The Kier molecular flexibility index (Phi) is 6.55. The van der Waals surface area contributed by atoms with Crippen LogP contribution >= 0.6 is 0 Å². The van der Waals surface area contributed by atoms with Crippen LogP contribution in [0.5, 0.6) is 0 Å². The van der Waals surface area contributed by atoms with Gasteiger partial charge in [-0.3, -0.25) is 5.32 Å². The third-order valence-electron chi connectivity index (χ3n) is 2.49. The molecule has 0 saturated carbocycles.